The minimum absolute atomic E-state index is 0.708. The molecular weight excluding hydrogens is 238 g/mol. The van der Waals surface area contributed by atoms with Crippen LogP contribution in [0.1, 0.15) is 19.4 Å². The smallest absolute Gasteiger partial charge is 0.113 e. The molecule has 0 spiro atoms. The molecule has 0 unspecified atom stereocenters. The highest BCUT2D eigenvalue weighted by atomic mass is 15.3. The van der Waals surface area contributed by atoms with Crippen LogP contribution in [-0.2, 0) is 6.54 Å². The number of nitrogens with one attached hydrogen (secondary N) is 2. The molecule has 5 heteroatoms. The fraction of sp³-hybridized carbons (Fsp3) is 0.571. The Kier molecular flexibility index (Phi) is 4.87. The number of H-pyrrole nitrogens is 1. The summed E-state index contributed by atoms with van der Waals surface area (Å²) in [5.74, 6) is 0.708. The molecule has 0 fully saturated rings. The molecule has 19 heavy (non-hydrogen) atoms. The van der Waals surface area contributed by atoms with Gasteiger partial charge in [-0.3, -0.25) is 0 Å². The van der Waals surface area contributed by atoms with Crippen molar-refractivity contribution >= 4 is 11.0 Å². The van der Waals surface area contributed by atoms with Gasteiger partial charge in [0.25, 0.3) is 0 Å². The fourth-order valence-corrected chi connectivity index (χ4v) is 2.04. The van der Waals surface area contributed by atoms with Crippen LogP contribution in [0.3, 0.4) is 0 Å². The van der Waals surface area contributed by atoms with Crippen molar-refractivity contribution in [3.05, 3.63) is 23.8 Å². The van der Waals surface area contributed by atoms with Crippen LogP contribution in [-0.4, -0.2) is 47.0 Å². The van der Waals surface area contributed by atoms with Crippen LogP contribution in [0, 0.1) is 5.92 Å². The Hall–Kier alpha value is -1.46. The van der Waals surface area contributed by atoms with Gasteiger partial charge in [0.05, 0.1) is 0 Å². The molecule has 0 bridgehead atoms. The third-order valence-corrected chi connectivity index (χ3v) is 3.06. The number of aromatic nitrogens is 3. The summed E-state index contributed by atoms with van der Waals surface area (Å²) in [6, 6.07) is 6.22. The van der Waals surface area contributed by atoms with Crippen LogP contribution in [0.15, 0.2) is 18.2 Å². The van der Waals surface area contributed by atoms with Gasteiger partial charge in [-0.15, -0.1) is 0 Å². The Morgan fingerprint density at radius 3 is 2.84 bits per heavy atom. The van der Waals surface area contributed by atoms with E-state index >= 15 is 0 Å². The van der Waals surface area contributed by atoms with E-state index in [-0.39, 0.29) is 0 Å². The Bertz CT molecular complexity index is 505. The van der Waals surface area contributed by atoms with Gasteiger partial charge in [-0.05, 0) is 37.2 Å². The van der Waals surface area contributed by atoms with Gasteiger partial charge in [0.15, 0.2) is 0 Å². The van der Waals surface area contributed by atoms with Crippen molar-refractivity contribution in [2.24, 2.45) is 5.92 Å². The highest BCUT2D eigenvalue weighted by molar-refractivity contribution is 5.74. The molecular formula is C14H23N5. The SMILES string of the molecule is CC(C)CNCCN(C)Cc1ccc2n[nH]nc2c1. The van der Waals surface area contributed by atoms with Crippen LogP contribution in [0.4, 0.5) is 0 Å². The number of rotatable bonds is 7. The number of hydrogen-bond donors (Lipinski definition) is 2. The third-order valence-electron chi connectivity index (χ3n) is 3.06. The highest BCUT2D eigenvalue weighted by Gasteiger charge is 2.03. The lowest BCUT2D eigenvalue weighted by molar-refractivity contribution is 0.322. The maximum atomic E-state index is 4.11. The molecule has 0 saturated carbocycles. The summed E-state index contributed by atoms with van der Waals surface area (Å²) in [5.41, 5.74) is 3.13. The topological polar surface area (TPSA) is 56.8 Å². The van der Waals surface area contributed by atoms with E-state index in [1.165, 1.54) is 5.56 Å². The molecule has 2 N–H and O–H groups in total. The van der Waals surface area contributed by atoms with Gasteiger partial charge in [-0.1, -0.05) is 19.9 Å². The summed E-state index contributed by atoms with van der Waals surface area (Å²) < 4.78 is 0. The first kappa shape index (κ1) is 14.0. The van der Waals surface area contributed by atoms with Gasteiger partial charge in [-0.2, -0.15) is 15.4 Å². The predicted molar refractivity (Wildman–Crippen MR) is 77.9 cm³/mol. The largest absolute Gasteiger partial charge is 0.315 e. The van der Waals surface area contributed by atoms with Crippen molar-refractivity contribution in [3.8, 4) is 0 Å². The Morgan fingerprint density at radius 1 is 1.26 bits per heavy atom. The molecule has 1 heterocycles. The van der Waals surface area contributed by atoms with Crippen molar-refractivity contribution in [3.63, 3.8) is 0 Å². The molecule has 0 amide bonds. The molecule has 2 rings (SSSR count). The van der Waals surface area contributed by atoms with Crippen molar-refractivity contribution < 1.29 is 0 Å². The summed E-state index contributed by atoms with van der Waals surface area (Å²) in [6.45, 7) is 8.54. The van der Waals surface area contributed by atoms with Gasteiger partial charge < -0.3 is 10.2 Å². The maximum Gasteiger partial charge on any atom is 0.113 e. The third kappa shape index (κ3) is 4.29. The van der Waals surface area contributed by atoms with Crippen molar-refractivity contribution in [2.45, 2.75) is 20.4 Å². The van der Waals surface area contributed by atoms with E-state index in [2.05, 4.69) is 58.7 Å². The Balaban J connectivity index is 1.79. The summed E-state index contributed by atoms with van der Waals surface area (Å²) in [7, 11) is 2.14. The minimum Gasteiger partial charge on any atom is -0.315 e. The molecule has 0 aliphatic carbocycles. The average Bonchev–Trinajstić information content (AvgIpc) is 2.82. The summed E-state index contributed by atoms with van der Waals surface area (Å²) in [4.78, 5) is 2.31. The van der Waals surface area contributed by atoms with E-state index in [1.807, 2.05) is 6.07 Å². The summed E-state index contributed by atoms with van der Waals surface area (Å²) in [5, 5.41) is 14.3. The number of fused-ring (bicyclic) bond motifs is 1. The molecule has 0 aliphatic rings. The lowest BCUT2D eigenvalue weighted by atomic mass is 10.2. The van der Waals surface area contributed by atoms with Crippen LogP contribution >= 0.6 is 0 Å². The Labute approximate surface area is 114 Å². The average molecular weight is 261 g/mol. The van der Waals surface area contributed by atoms with E-state index in [1.54, 1.807) is 0 Å². The zero-order valence-corrected chi connectivity index (χ0v) is 12.0. The predicted octanol–water partition coefficient (Wildman–Crippen LogP) is 1.64. The lowest BCUT2D eigenvalue weighted by Gasteiger charge is -2.17. The summed E-state index contributed by atoms with van der Waals surface area (Å²) >= 11 is 0. The normalized spacial score (nSPS) is 11.8. The van der Waals surface area contributed by atoms with Crippen LogP contribution in [0.2, 0.25) is 0 Å². The number of benzene rings is 1. The van der Waals surface area contributed by atoms with E-state index in [4.69, 9.17) is 0 Å². The first-order valence-corrected chi connectivity index (χ1v) is 6.84. The fourth-order valence-electron chi connectivity index (χ4n) is 2.04. The molecule has 0 aliphatic heterocycles. The molecule has 0 saturated heterocycles. The van der Waals surface area contributed by atoms with Gasteiger partial charge in [0, 0.05) is 19.6 Å². The molecule has 2 aromatic rings. The van der Waals surface area contributed by atoms with E-state index in [0.717, 1.165) is 37.2 Å². The van der Waals surface area contributed by atoms with Crippen molar-refractivity contribution in [1.29, 1.82) is 0 Å². The first-order valence-electron chi connectivity index (χ1n) is 6.84. The number of nitrogens with zero attached hydrogens (tertiary/aromatic N) is 3. The zero-order valence-electron chi connectivity index (χ0n) is 12.0. The van der Waals surface area contributed by atoms with E-state index < -0.39 is 0 Å². The second-order valence-electron chi connectivity index (χ2n) is 5.48. The van der Waals surface area contributed by atoms with Crippen molar-refractivity contribution in [1.82, 2.24) is 25.6 Å². The Morgan fingerprint density at radius 2 is 2.05 bits per heavy atom. The zero-order chi connectivity index (χ0) is 13.7. The molecule has 104 valence electrons. The van der Waals surface area contributed by atoms with Crippen molar-refractivity contribution in [2.75, 3.05) is 26.7 Å². The number of aromatic amines is 1. The number of hydrogen-bond acceptors (Lipinski definition) is 4. The highest BCUT2D eigenvalue weighted by Crippen LogP contribution is 2.11. The lowest BCUT2D eigenvalue weighted by Crippen LogP contribution is -2.30. The quantitative estimate of drug-likeness (QED) is 0.744. The van der Waals surface area contributed by atoms with Gasteiger partial charge >= 0.3 is 0 Å². The molecule has 1 aromatic carbocycles. The molecule has 1 aromatic heterocycles. The molecule has 5 nitrogen and oxygen atoms in total. The monoisotopic (exact) mass is 261 g/mol. The second-order valence-corrected chi connectivity index (χ2v) is 5.48. The van der Waals surface area contributed by atoms with E-state index in [9.17, 15) is 0 Å². The van der Waals surface area contributed by atoms with Gasteiger partial charge in [0.2, 0.25) is 0 Å². The van der Waals surface area contributed by atoms with E-state index in [0.29, 0.717) is 5.92 Å². The maximum absolute atomic E-state index is 4.11. The standard InChI is InChI=1S/C14H23N5/c1-11(2)9-15-6-7-19(3)10-12-4-5-13-14(8-12)17-18-16-13/h4-5,8,11,15H,6-7,9-10H2,1-3H3,(H,16,17,18). The van der Waals surface area contributed by atoms with Crippen LogP contribution < -0.4 is 5.32 Å². The minimum atomic E-state index is 0.708. The molecule has 0 radical (unpaired) electrons. The van der Waals surface area contributed by atoms with Gasteiger partial charge in [-0.25, -0.2) is 0 Å². The first-order chi connectivity index (χ1) is 9.15. The van der Waals surface area contributed by atoms with Gasteiger partial charge in [0.1, 0.15) is 11.0 Å². The van der Waals surface area contributed by atoms with Crippen LogP contribution in [0.5, 0.6) is 0 Å². The second kappa shape index (κ2) is 6.63. The number of likely N-dealkylation sites (N-methyl/N-ethyl adjacent to an activating group) is 1. The molecule has 0 atom stereocenters. The van der Waals surface area contributed by atoms with Crippen LogP contribution in [0.25, 0.3) is 11.0 Å². The summed E-state index contributed by atoms with van der Waals surface area (Å²) in [6.07, 6.45) is 0.